The molecule has 3 heterocycles. The number of nitrogen functional groups attached to an aromatic ring is 1. The fourth-order valence-corrected chi connectivity index (χ4v) is 3.21. The van der Waals surface area contributed by atoms with Gasteiger partial charge in [-0.25, -0.2) is 15.0 Å². The van der Waals surface area contributed by atoms with Crippen molar-refractivity contribution in [3.05, 3.63) is 34.4 Å². The molecule has 0 spiro atoms. The third-order valence-electron chi connectivity index (χ3n) is 3.63. The lowest BCUT2D eigenvalue weighted by Gasteiger charge is -2.28. The van der Waals surface area contributed by atoms with Crippen LogP contribution in [0.1, 0.15) is 42.7 Å². The summed E-state index contributed by atoms with van der Waals surface area (Å²) in [5.41, 5.74) is 8.14. The quantitative estimate of drug-likeness (QED) is 0.922. The number of hydrogen-bond donors (Lipinski definition) is 1. The van der Waals surface area contributed by atoms with Crippen molar-refractivity contribution in [2.75, 3.05) is 12.3 Å². The predicted molar refractivity (Wildman–Crippen MR) is 85.1 cm³/mol. The van der Waals surface area contributed by atoms with Crippen LogP contribution in [0.2, 0.25) is 0 Å². The van der Waals surface area contributed by atoms with Crippen molar-refractivity contribution in [2.45, 2.75) is 45.7 Å². The Morgan fingerprint density at radius 2 is 2.10 bits per heavy atom. The van der Waals surface area contributed by atoms with Gasteiger partial charge in [-0.2, -0.15) is 0 Å². The highest BCUT2D eigenvalue weighted by Gasteiger charge is 2.23. The molecule has 6 heteroatoms. The first-order valence-corrected chi connectivity index (χ1v) is 8.01. The molecule has 21 heavy (non-hydrogen) atoms. The van der Waals surface area contributed by atoms with Crippen molar-refractivity contribution in [1.29, 1.82) is 0 Å². The molecular formula is C15H21N5S. The number of aromatic nitrogens is 3. The largest absolute Gasteiger partial charge is 0.375 e. The standard InChI is InChI=1S/C15H21N5S/c1-15(2,3)13-17-6-10-8-20(5-4-12(10)19-13)9-11-7-18-14(16)21-11/h6-7H,4-5,8-9H2,1-3H3,(H2,16,18). The van der Waals surface area contributed by atoms with Crippen LogP contribution in [0.4, 0.5) is 5.13 Å². The van der Waals surface area contributed by atoms with E-state index >= 15 is 0 Å². The van der Waals surface area contributed by atoms with Crippen LogP contribution in [0.15, 0.2) is 12.4 Å². The molecule has 0 amide bonds. The van der Waals surface area contributed by atoms with Gasteiger partial charge >= 0.3 is 0 Å². The minimum Gasteiger partial charge on any atom is -0.375 e. The van der Waals surface area contributed by atoms with Crippen molar-refractivity contribution in [1.82, 2.24) is 19.9 Å². The molecule has 1 aliphatic heterocycles. The number of nitrogens with two attached hydrogens (primary N) is 1. The number of hydrogen-bond acceptors (Lipinski definition) is 6. The molecule has 0 bridgehead atoms. The highest BCUT2D eigenvalue weighted by molar-refractivity contribution is 7.15. The molecule has 112 valence electrons. The Kier molecular flexibility index (Phi) is 3.67. The second-order valence-corrected chi connectivity index (χ2v) is 7.69. The first kappa shape index (κ1) is 14.4. The average molecular weight is 303 g/mol. The second kappa shape index (κ2) is 5.35. The molecule has 0 saturated heterocycles. The zero-order valence-electron chi connectivity index (χ0n) is 12.8. The summed E-state index contributed by atoms with van der Waals surface area (Å²) in [4.78, 5) is 17.0. The predicted octanol–water partition coefficient (Wildman–Crippen LogP) is 2.37. The third-order valence-corrected chi connectivity index (χ3v) is 4.45. The Bertz CT molecular complexity index is 644. The van der Waals surface area contributed by atoms with E-state index in [0.29, 0.717) is 5.13 Å². The van der Waals surface area contributed by atoms with Gasteiger partial charge in [0.1, 0.15) is 5.82 Å². The van der Waals surface area contributed by atoms with Crippen molar-refractivity contribution in [2.24, 2.45) is 0 Å². The van der Waals surface area contributed by atoms with Crippen molar-refractivity contribution < 1.29 is 0 Å². The van der Waals surface area contributed by atoms with Crippen LogP contribution >= 0.6 is 11.3 Å². The molecule has 0 radical (unpaired) electrons. The summed E-state index contributed by atoms with van der Waals surface area (Å²) >= 11 is 1.56. The van der Waals surface area contributed by atoms with Crippen molar-refractivity contribution >= 4 is 16.5 Å². The molecular weight excluding hydrogens is 282 g/mol. The van der Waals surface area contributed by atoms with Crippen LogP contribution in [0, 0.1) is 0 Å². The van der Waals surface area contributed by atoms with E-state index in [2.05, 4.69) is 35.6 Å². The lowest BCUT2D eigenvalue weighted by molar-refractivity contribution is 0.244. The molecule has 0 unspecified atom stereocenters. The summed E-state index contributed by atoms with van der Waals surface area (Å²) < 4.78 is 0. The number of anilines is 1. The molecule has 3 rings (SSSR count). The first-order chi connectivity index (χ1) is 9.91. The lowest BCUT2D eigenvalue weighted by atomic mass is 9.95. The fourth-order valence-electron chi connectivity index (χ4n) is 2.49. The van der Waals surface area contributed by atoms with Gasteiger partial charge in [-0.3, -0.25) is 4.90 Å². The van der Waals surface area contributed by atoms with Gasteiger partial charge in [0.05, 0.1) is 0 Å². The van der Waals surface area contributed by atoms with Gasteiger partial charge in [-0.15, -0.1) is 11.3 Å². The SMILES string of the molecule is CC(C)(C)c1ncc2c(n1)CCN(Cc1cnc(N)s1)C2. The molecule has 0 fully saturated rings. The topological polar surface area (TPSA) is 67.9 Å². The van der Waals surface area contributed by atoms with Crippen LogP contribution in [0.3, 0.4) is 0 Å². The van der Waals surface area contributed by atoms with Gasteiger partial charge in [-0.1, -0.05) is 20.8 Å². The zero-order valence-corrected chi connectivity index (χ0v) is 13.6. The van der Waals surface area contributed by atoms with Gasteiger partial charge in [0.2, 0.25) is 0 Å². The third kappa shape index (κ3) is 3.22. The fraction of sp³-hybridized carbons (Fsp3) is 0.533. The summed E-state index contributed by atoms with van der Waals surface area (Å²) in [5.74, 6) is 0.935. The van der Waals surface area contributed by atoms with Crippen LogP contribution in [0.5, 0.6) is 0 Å². The molecule has 0 aliphatic carbocycles. The minimum atomic E-state index is 0.00628. The maximum Gasteiger partial charge on any atom is 0.180 e. The number of nitrogens with zero attached hydrogens (tertiary/aromatic N) is 4. The summed E-state index contributed by atoms with van der Waals surface area (Å²) in [6, 6.07) is 0. The van der Waals surface area contributed by atoms with Crippen LogP contribution in [0.25, 0.3) is 0 Å². The molecule has 2 aromatic heterocycles. The van der Waals surface area contributed by atoms with Crippen molar-refractivity contribution in [3.63, 3.8) is 0 Å². The molecule has 2 aromatic rings. The Morgan fingerprint density at radius 3 is 2.76 bits per heavy atom. The van der Waals surface area contributed by atoms with E-state index in [1.54, 1.807) is 11.3 Å². The Balaban J connectivity index is 1.74. The van der Waals surface area contributed by atoms with Gasteiger partial charge in [0.15, 0.2) is 5.13 Å². The van der Waals surface area contributed by atoms with Crippen LogP contribution in [-0.4, -0.2) is 26.4 Å². The van der Waals surface area contributed by atoms with Gasteiger partial charge < -0.3 is 5.73 Å². The van der Waals surface area contributed by atoms with E-state index in [1.165, 1.54) is 16.1 Å². The first-order valence-electron chi connectivity index (χ1n) is 7.19. The molecule has 0 aromatic carbocycles. The molecule has 2 N–H and O–H groups in total. The number of rotatable bonds is 2. The number of thiazole rings is 1. The smallest absolute Gasteiger partial charge is 0.180 e. The highest BCUT2D eigenvalue weighted by Crippen LogP contribution is 2.24. The molecule has 1 aliphatic rings. The molecule has 0 atom stereocenters. The van der Waals surface area contributed by atoms with Gasteiger partial charge in [0, 0.05) is 60.0 Å². The zero-order chi connectivity index (χ0) is 15.0. The van der Waals surface area contributed by atoms with E-state index in [1.807, 2.05) is 12.4 Å². The second-order valence-electron chi connectivity index (χ2n) is 6.54. The Labute approximate surface area is 129 Å². The summed E-state index contributed by atoms with van der Waals surface area (Å²) in [6.45, 7) is 9.27. The summed E-state index contributed by atoms with van der Waals surface area (Å²) in [7, 11) is 0. The highest BCUT2D eigenvalue weighted by atomic mass is 32.1. The maximum atomic E-state index is 5.69. The Hall–Kier alpha value is -1.53. The number of fused-ring (bicyclic) bond motifs is 1. The summed E-state index contributed by atoms with van der Waals surface area (Å²) in [5, 5.41) is 0.639. The molecule has 5 nitrogen and oxygen atoms in total. The van der Waals surface area contributed by atoms with Crippen molar-refractivity contribution in [3.8, 4) is 0 Å². The maximum absolute atomic E-state index is 5.69. The molecule has 0 saturated carbocycles. The van der Waals surface area contributed by atoms with Gasteiger partial charge in [-0.05, 0) is 0 Å². The van der Waals surface area contributed by atoms with E-state index < -0.39 is 0 Å². The van der Waals surface area contributed by atoms with Gasteiger partial charge in [0.25, 0.3) is 0 Å². The van der Waals surface area contributed by atoms with E-state index in [4.69, 9.17) is 10.7 Å². The summed E-state index contributed by atoms with van der Waals surface area (Å²) in [6.07, 6.45) is 4.85. The van der Waals surface area contributed by atoms with Crippen LogP contribution in [-0.2, 0) is 24.9 Å². The lowest BCUT2D eigenvalue weighted by Crippen LogP contribution is -2.31. The Morgan fingerprint density at radius 1 is 1.29 bits per heavy atom. The van der Waals surface area contributed by atoms with E-state index in [0.717, 1.165) is 31.9 Å². The minimum absolute atomic E-state index is 0.00628. The normalized spacial score (nSPS) is 16.0. The monoisotopic (exact) mass is 303 g/mol. The van der Waals surface area contributed by atoms with E-state index in [9.17, 15) is 0 Å². The van der Waals surface area contributed by atoms with Crippen LogP contribution < -0.4 is 5.73 Å². The average Bonchev–Trinajstić information content (AvgIpc) is 2.82. The van der Waals surface area contributed by atoms with E-state index in [-0.39, 0.29) is 5.41 Å².